The van der Waals surface area contributed by atoms with Crippen LogP contribution in [0.25, 0.3) is 11.4 Å². The van der Waals surface area contributed by atoms with Gasteiger partial charge in [-0.25, -0.2) is 4.98 Å². The van der Waals surface area contributed by atoms with E-state index in [1.165, 1.54) is 11.8 Å². The molecule has 0 unspecified atom stereocenters. The first kappa shape index (κ1) is 16.8. The minimum absolute atomic E-state index is 0.149. The van der Waals surface area contributed by atoms with Crippen LogP contribution in [-0.4, -0.2) is 31.8 Å². The smallest absolute Gasteiger partial charge is 0.234 e. The summed E-state index contributed by atoms with van der Waals surface area (Å²) >= 11 is 13.2. The molecule has 122 valence electrons. The van der Waals surface area contributed by atoms with Gasteiger partial charge in [0.25, 0.3) is 0 Å². The number of aromatic amines is 1. The maximum absolute atomic E-state index is 12.0. The molecule has 0 atom stereocenters. The number of nitrogens with zero attached hydrogens (tertiary/aromatic N) is 3. The van der Waals surface area contributed by atoms with E-state index < -0.39 is 0 Å². The lowest BCUT2D eigenvalue weighted by Gasteiger charge is -2.07. The molecule has 2 heterocycles. The van der Waals surface area contributed by atoms with Crippen molar-refractivity contribution < 1.29 is 4.79 Å². The molecule has 0 aliphatic heterocycles. The van der Waals surface area contributed by atoms with E-state index in [-0.39, 0.29) is 11.7 Å². The van der Waals surface area contributed by atoms with Crippen LogP contribution in [-0.2, 0) is 4.79 Å². The number of hydrogen-bond donors (Lipinski definition) is 2. The van der Waals surface area contributed by atoms with E-state index in [0.29, 0.717) is 26.7 Å². The standard InChI is InChI=1S/C15H11Cl2N5OS/c16-10-2-1-3-11(13(10)17)19-12(23)8-24-15-20-14(21-22-15)9-4-6-18-7-5-9/h1-7H,8H2,(H,19,23)(H,20,21,22). The van der Waals surface area contributed by atoms with Gasteiger partial charge in [0.2, 0.25) is 11.1 Å². The predicted octanol–water partition coefficient (Wildman–Crippen LogP) is 3.90. The van der Waals surface area contributed by atoms with E-state index in [2.05, 4.69) is 25.5 Å². The van der Waals surface area contributed by atoms with Gasteiger partial charge in [-0.15, -0.1) is 5.10 Å². The van der Waals surface area contributed by atoms with Gasteiger partial charge in [0.05, 0.1) is 21.5 Å². The first-order valence-corrected chi connectivity index (χ1v) is 8.57. The van der Waals surface area contributed by atoms with Gasteiger partial charge in [-0.2, -0.15) is 0 Å². The van der Waals surface area contributed by atoms with Gasteiger partial charge >= 0.3 is 0 Å². The Bertz CT molecular complexity index is 856. The number of halogens is 2. The van der Waals surface area contributed by atoms with Gasteiger partial charge < -0.3 is 5.32 Å². The lowest BCUT2D eigenvalue weighted by molar-refractivity contribution is -0.113. The quantitative estimate of drug-likeness (QED) is 0.656. The number of carbonyl (C=O) groups is 1. The fraction of sp³-hybridized carbons (Fsp3) is 0.0667. The molecule has 1 aromatic carbocycles. The highest BCUT2D eigenvalue weighted by Gasteiger charge is 2.11. The summed E-state index contributed by atoms with van der Waals surface area (Å²) in [6, 6.07) is 8.70. The highest BCUT2D eigenvalue weighted by molar-refractivity contribution is 7.99. The largest absolute Gasteiger partial charge is 0.324 e. The average molecular weight is 380 g/mol. The zero-order valence-electron chi connectivity index (χ0n) is 12.2. The number of pyridine rings is 1. The van der Waals surface area contributed by atoms with Crippen LogP contribution < -0.4 is 5.32 Å². The van der Waals surface area contributed by atoms with Crippen molar-refractivity contribution in [2.75, 3.05) is 11.1 Å². The average Bonchev–Trinajstić information content (AvgIpc) is 3.07. The third-order valence-electron chi connectivity index (χ3n) is 2.98. The Morgan fingerprint density at radius 3 is 2.79 bits per heavy atom. The van der Waals surface area contributed by atoms with Crippen molar-refractivity contribution in [1.82, 2.24) is 20.2 Å². The van der Waals surface area contributed by atoms with Crippen molar-refractivity contribution in [2.24, 2.45) is 0 Å². The molecule has 3 rings (SSSR count). The highest BCUT2D eigenvalue weighted by atomic mass is 35.5. The molecule has 0 bridgehead atoms. The van der Waals surface area contributed by atoms with E-state index >= 15 is 0 Å². The number of anilines is 1. The van der Waals surface area contributed by atoms with Crippen molar-refractivity contribution in [3.05, 3.63) is 52.8 Å². The van der Waals surface area contributed by atoms with Crippen molar-refractivity contribution in [3.8, 4) is 11.4 Å². The summed E-state index contributed by atoms with van der Waals surface area (Å²) in [5, 5.41) is 10.8. The second kappa shape index (κ2) is 7.65. The van der Waals surface area contributed by atoms with Gasteiger partial charge in [0, 0.05) is 18.0 Å². The maximum Gasteiger partial charge on any atom is 0.234 e. The fourth-order valence-corrected chi connectivity index (χ4v) is 2.81. The van der Waals surface area contributed by atoms with E-state index in [0.717, 1.165) is 5.56 Å². The fourth-order valence-electron chi connectivity index (χ4n) is 1.87. The summed E-state index contributed by atoms with van der Waals surface area (Å²) in [5.74, 6) is 0.550. The van der Waals surface area contributed by atoms with Gasteiger partial charge in [-0.3, -0.25) is 14.9 Å². The summed E-state index contributed by atoms with van der Waals surface area (Å²) in [4.78, 5) is 20.3. The Hall–Kier alpha value is -2.09. The van der Waals surface area contributed by atoms with Crippen molar-refractivity contribution >= 4 is 46.6 Å². The number of aromatic nitrogens is 4. The third-order valence-corrected chi connectivity index (χ3v) is 4.64. The third kappa shape index (κ3) is 4.05. The monoisotopic (exact) mass is 379 g/mol. The molecule has 1 amide bonds. The molecule has 0 fully saturated rings. The van der Waals surface area contributed by atoms with E-state index in [1.807, 2.05) is 12.1 Å². The molecular formula is C15H11Cl2N5OS. The second-order valence-electron chi connectivity index (χ2n) is 4.64. The lowest BCUT2D eigenvalue weighted by atomic mass is 10.3. The van der Waals surface area contributed by atoms with Gasteiger partial charge in [0.15, 0.2) is 5.82 Å². The van der Waals surface area contributed by atoms with Crippen molar-refractivity contribution in [3.63, 3.8) is 0 Å². The number of nitrogens with one attached hydrogen (secondary N) is 2. The van der Waals surface area contributed by atoms with Gasteiger partial charge in [-0.1, -0.05) is 41.0 Å². The molecule has 6 nitrogen and oxygen atoms in total. The second-order valence-corrected chi connectivity index (χ2v) is 6.37. The SMILES string of the molecule is O=C(CSc1n[nH]c(-c2ccncc2)n1)Nc1cccc(Cl)c1Cl. The Labute approximate surface area is 152 Å². The number of carbonyl (C=O) groups excluding carboxylic acids is 1. The summed E-state index contributed by atoms with van der Waals surface area (Å²) in [6.45, 7) is 0. The molecule has 2 aromatic heterocycles. The first-order valence-electron chi connectivity index (χ1n) is 6.83. The summed E-state index contributed by atoms with van der Waals surface area (Å²) in [5.41, 5.74) is 1.35. The molecule has 0 saturated carbocycles. The van der Waals surface area contributed by atoms with Crippen molar-refractivity contribution in [2.45, 2.75) is 5.16 Å². The molecule has 2 N–H and O–H groups in total. The Morgan fingerprint density at radius 2 is 2.00 bits per heavy atom. The normalized spacial score (nSPS) is 10.6. The number of rotatable bonds is 5. The molecule has 0 radical (unpaired) electrons. The Balaban J connectivity index is 1.59. The molecule has 24 heavy (non-hydrogen) atoms. The minimum atomic E-state index is -0.223. The van der Waals surface area contributed by atoms with Crippen LogP contribution in [0.2, 0.25) is 10.0 Å². The summed E-state index contributed by atoms with van der Waals surface area (Å²) in [7, 11) is 0. The molecule has 0 spiro atoms. The van der Waals surface area contributed by atoms with Crippen LogP contribution in [0.15, 0.2) is 47.9 Å². The molecule has 0 saturated heterocycles. The highest BCUT2D eigenvalue weighted by Crippen LogP contribution is 2.29. The molecule has 0 aliphatic rings. The van der Waals surface area contributed by atoms with Crippen LogP contribution in [0.5, 0.6) is 0 Å². The van der Waals surface area contributed by atoms with Gasteiger partial charge in [0.1, 0.15) is 0 Å². The Morgan fingerprint density at radius 1 is 1.21 bits per heavy atom. The van der Waals surface area contributed by atoms with E-state index in [9.17, 15) is 4.79 Å². The Kier molecular flexibility index (Phi) is 5.34. The van der Waals surface area contributed by atoms with Crippen LogP contribution in [0.1, 0.15) is 0 Å². The zero-order valence-corrected chi connectivity index (χ0v) is 14.5. The minimum Gasteiger partial charge on any atom is -0.324 e. The molecular weight excluding hydrogens is 369 g/mol. The maximum atomic E-state index is 12.0. The number of amides is 1. The van der Waals surface area contributed by atoms with Crippen molar-refractivity contribution in [1.29, 1.82) is 0 Å². The molecule has 0 aliphatic carbocycles. The van der Waals surface area contributed by atoms with E-state index in [4.69, 9.17) is 23.2 Å². The number of thioether (sulfide) groups is 1. The van der Waals surface area contributed by atoms with Gasteiger partial charge in [-0.05, 0) is 24.3 Å². The summed E-state index contributed by atoms with van der Waals surface area (Å²) in [6.07, 6.45) is 3.35. The van der Waals surface area contributed by atoms with Crippen LogP contribution >= 0.6 is 35.0 Å². The molecule has 3 aromatic rings. The molecule has 9 heteroatoms. The van der Waals surface area contributed by atoms with Crippen LogP contribution in [0.3, 0.4) is 0 Å². The topological polar surface area (TPSA) is 83.6 Å². The zero-order chi connectivity index (χ0) is 16.9. The first-order chi connectivity index (χ1) is 11.6. The number of H-pyrrole nitrogens is 1. The lowest BCUT2D eigenvalue weighted by Crippen LogP contribution is -2.14. The summed E-state index contributed by atoms with van der Waals surface area (Å²) < 4.78 is 0. The van der Waals surface area contributed by atoms with Crippen LogP contribution in [0, 0.1) is 0 Å². The predicted molar refractivity (Wildman–Crippen MR) is 95.4 cm³/mol. The van der Waals surface area contributed by atoms with E-state index in [1.54, 1.807) is 30.6 Å². The number of benzene rings is 1. The van der Waals surface area contributed by atoms with Crippen LogP contribution in [0.4, 0.5) is 5.69 Å². The number of hydrogen-bond acceptors (Lipinski definition) is 5.